The molecule has 51 heavy (non-hydrogen) atoms. The van der Waals surface area contributed by atoms with E-state index in [1.165, 1.54) is 4.40 Å². The quantitative estimate of drug-likeness (QED) is 0.251. The van der Waals surface area contributed by atoms with Crippen LogP contribution in [0.5, 0.6) is 0 Å². The number of halogens is 4. The second kappa shape index (κ2) is 13.8. The number of fused-ring (bicyclic) bond motifs is 2. The average Bonchev–Trinajstić information content (AvgIpc) is 3.70. The van der Waals surface area contributed by atoms with E-state index in [4.69, 9.17) is 26.1 Å². The lowest BCUT2D eigenvalue weighted by Gasteiger charge is -2.37. The lowest BCUT2D eigenvalue weighted by atomic mass is 10.0. The summed E-state index contributed by atoms with van der Waals surface area (Å²) in [5, 5.41) is 13.0. The number of benzene rings is 2. The molecule has 0 unspecified atom stereocenters. The van der Waals surface area contributed by atoms with Crippen LogP contribution in [0.1, 0.15) is 55.8 Å². The highest BCUT2D eigenvalue weighted by Crippen LogP contribution is 2.34. The van der Waals surface area contributed by atoms with Crippen molar-refractivity contribution in [2.75, 3.05) is 36.4 Å². The Balaban J connectivity index is 1.44. The summed E-state index contributed by atoms with van der Waals surface area (Å²) in [5.74, 6) is -0.542. The summed E-state index contributed by atoms with van der Waals surface area (Å²) in [7, 11) is 0. The van der Waals surface area contributed by atoms with E-state index in [0.29, 0.717) is 30.2 Å². The number of amides is 2. The van der Waals surface area contributed by atoms with Crippen molar-refractivity contribution in [1.82, 2.24) is 18.9 Å². The molecule has 1 fully saturated rings. The molecule has 0 spiro atoms. The summed E-state index contributed by atoms with van der Waals surface area (Å²) in [6.45, 7) is 8.19. The Morgan fingerprint density at radius 3 is 2.35 bits per heavy atom. The molecule has 6 rings (SSSR count). The number of hydrogen-bond acceptors (Lipinski definition) is 8. The lowest BCUT2D eigenvalue weighted by Crippen LogP contribution is -2.51. The normalized spacial score (nSPS) is 15.0. The molecular weight excluding hydrogens is 693 g/mol. The zero-order valence-electron chi connectivity index (χ0n) is 28.6. The van der Waals surface area contributed by atoms with Crippen molar-refractivity contribution >= 4 is 40.8 Å². The number of imidazole rings is 1. The van der Waals surface area contributed by atoms with Gasteiger partial charge >= 0.3 is 12.3 Å². The first kappa shape index (κ1) is 36.2. The van der Waals surface area contributed by atoms with Crippen molar-refractivity contribution in [2.45, 2.75) is 72.3 Å². The van der Waals surface area contributed by atoms with Crippen molar-refractivity contribution < 1.29 is 37.3 Å². The minimum absolute atomic E-state index is 0.0243. The van der Waals surface area contributed by atoms with E-state index in [1.807, 2.05) is 30.0 Å². The molecule has 4 aromatic rings. The number of nitrogens with one attached hydrogen (secondary N) is 1. The third-order valence-electron chi connectivity index (χ3n) is 8.80. The van der Waals surface area contributed by atoms with Gasteiger partial charge in [-0.25, -0.2) is 14.2 Å². The van der Waals surface area contributed by atoms with Crippen LogP contribution >= 0.6 is 11.6 Å². The maximum atomic E-state index is 14.5. The highest BCUT2D eigenvalue weighted by atomic mass is 35.5. The van der Waals surface area contributed by atoms with Crippen LogP contribution in [-0.2, 0) is 53.2 Å². The Bertz CT molecular complexity index is 2060. The standard InChI is InChI=1S/C35H38ClF3N6O6/c1-5-26-30(42-10-12-43(13-11-42)33(49)51-34(2,3)4)31(48)45-27(17-46)29(20-6-7-21-18-50-19-22(21)14-20)41-32(45)44(26)16-28(47)40-25-9-8-23(15-24(25)36)35(37,38)39/h6-9,14-15,46H,5,10-13,16-19H2,1-4H3,(H,40,47). The van der Waals surface area contributed by atoms with Crippen molar-refractivity contribution in [2.24, 2.45) is 0 Å². The number of rotatable bonds is 7. The van der Waals surface area contributed by atoms with Gasteiger partial charge in [0.15, 0.2) is 0 Å². The molecule has 2 amide bonds. The second-order valence-corrected chi connectivity index (χ2v) is 13.8. The number of anilines is 2. The minimum atomic E-state index is -4.62. The smallest absolute Gasteiger partial charge is 0.416 e. The van der Waals surface area contributed by atoms with E-state index in [-0.39, 0.29) is 60.5 Å². The van der Waals surface area contributed by atoms with Gasteiger partial charge in [-0.3, -0.25) is 9.59 Å². The number of aliphatic hydroxyl groups excluding tert-OH is 1. The largest absolute Gasteiger partial charge is 0.444 e. The number of ether oxygens (including phenoxy) is 2. The van der Waals surface area contributed by atoms with Gasteiger partial charge in [-0.1, -0.05) is 30.7 Å². The molecule has 0 bridgehead atoms. The van der Waals surface area contributed by atoms with E-state index in [2.05, 4.69) is 5.32 Å². The monoisotopic (exact) mass is 730 g/mol. The number of aliphatic hydroxyl groups is 1. The van der Waals surface area contributed by atoms with Crippen LogP contribution in [0, 0.1) is 0 Å². The highest BCUT2D eigenvalue weighted by Gasteiger charge is 2.33. The summed E-state index contributed by atoms with van der Waals surface area (Å²) < 4.78 is 53.7. The molecule has 2 N–H and O–H groups in total. The summed E-state index contributed by atoms with van der Waals surface area (Å²) in [5.41, 5.74) is 1.79. The van der Waals surface area contributed by atoms with Crippen molar-refractivity contribution in [3.8, 4) is 11.3 Å². The van der Waals surface area contributed by atoms with Gasteiger partial charge in [0.1, 0.15) is 17.8 Å². The first-order chi connectivity index (χ1) is 24.1. The van der Waals surface area contributed by atoms with Crippen LogP contribution in [0.4, 0.5) is 29.3 Å². The van der Waals surface area contributed by atoms with E-state index in [0.717, 1.165) is 29.3 Å². The van der Waals surface area contributed by atoms with Gasteiger partial charge in [-0.15, -0.1) is 0 Å². The van der Waals surface area contributed by atoms with Crippen LogP contribution in [0.2, 0.25) is 5.02 Å². The fraction of sp³-hybridized carbons (Fsp3) is 0.429. The SMILES string of the molecule is CCc1c(N2CCN(C(=O)OC(C)(C)C)CC2)c(=O)n2c(CO)c(-c3ccc4c(c3)COC4)nc2n1CC(=O)Nc1ccc(C(F)(F)F)cc1Cl. The predicted molar refractivity (Wildman–Crippen MR) is 184 cm³/mol. The first-order valence-corrected chi connectivity index (χ1v) is 16.8. The number of hydrogen-bond donors (Lipinski definition) is 2. The summed E-state index contributed by atoms with van der Waals surface area (Å²) in [6, 6.07) is 8.27. The Morgan fingerprint density at radius 2 is 1.73 bits per heavy atom. The molecule has 2 aliphatic heterocycles. The highest BCUT2D eigenvalue weighted by molar-refractivity contribution is 6.33. The maximum Gasteiger partial charge on any atom is 0.416 e. The molecule has 1 saturated heterocycles. The Hall–Kier alpha value is -4.60. The molecule has 0 saturated carbocycles. The Kier molecular flexibility index (Phi) is 9.83. The molecule has 16 heteroatoms. The Labute approximate surface area is 296 Å². The minimum Gasteiger partial charge on any atom is -0.444 e. The average molecular weight is 731 g/mol. The Morgan fingerprint density at radius 1 is 1.02 bits per heavy atom. The van der Waals surface area contributed by atoms with E-state index in [1.54, 1.807) is 30.2 Å². The van der Waals surface area contributed by atoms with Crippen LogP contribution in [0.3, 0.4) is 0 Å². The van der Waals surface area contributed by atoms with Crippen molar-refractivity contribution in [1.29, 1.82) is 0 Å². The fourth-order valence-electron chi connectivity index (χ4n) is 6.42. The number of carbonyl (C=O) groups excluding carboxylic acids is 2. The van der Waals surface area contributed by atoms with Crippen LogP contribution in [0.15, 0.2) is 41.2 Å². The van der Waals surface area contributed by atoms with Crippen LogP contribution in [0.25, 0.3) is 17.0 Å². The summed E-state index contributed by atoms with van der Waals surface area (Å²) in [6.07, 6.45) is -4.80. The summed E-state index contributed by atoms with van der Waals surface area (Å²) in [4.78, 5) is 49.2. The molecular formula is C35H38ClF3N6O6. The van der Waals surface area contributed by atoms with Crippen molar-refractivity contribution in [3.05, 3.63) is 79.9 Å². The number of nitrogens with zero attached hydrogens (tertiary/aromatic N) is 5. The lowest BCUT2D eigenvalue weighted by molar-refractivity contribution is -0.137. The fourth-order valence-corrected chi connectivity index (χ4v) is 6.64. The van der Waals surface area contributed by atoms with Gasteiger partial charge in [-0.2, -0.15) is 13.2 Å². The second-order valence-electron chi connectivity index (χ2n) is 13.4. The molecule has 0 aliphatic carbocycles. The van der Waals surface area contributed by atoms with Crippen LogP contribution < -0.4 is 15.8 Å². The topological polar surface area (TPSA) is 131 Å². The summed E-state index contributed by atoms with van der Waals surface area (Å²) >= 11 is 6.14. The predicted octanol–water partition coefficient (Wildman–Crippen LogP) is 5.62. The van der Waals surface area contributed by atoms with Crippen LogP contribution in [-0.4, -0.2) is 67.7 Å². The van der Waals surface area contributed by atoms with Gasteiger partial charge in [-0.05, 0) is 62.6 Å². The molecule has 272 valence electrons. The zero-order chi connectivity index (χ0) is 36.8. The molecule has 4 heterocycles. The van der Waals surface area contributed by atoms with Gasteiger partial charge in [0.25, 0.3) is 5.56 Å². The van der Waals surface area contributed by atoms with Gasteiger partial charge in [0.2, 0.25) is 11.7 Å². The maximum absolute atomic E-state index is 14.5. The van der Waals surface area contributed by atoms with Gasteiger partial charge < -0.3 is 34.3 Å². The molecule has 0 atom stereocenters. The molecule has 2 aromatic carbocycles. The third-order valence-corrected chi connectivity index (χ3v) is 9.11. The molecule has 12 nitrogen and oxygen atoms in total. The number of aromatic nitrogens is 3. The zero-order valence-corrected chi connectivity index (χ0v) is 29.3. The molecule has 2 aliphatic rings. The molecule has 0 radical (unpaired) electrons. The van der Waals surface area contributed by atoms with Gasteiger partial charge in [0.05, 0.1) is 53.2 Å². The van der Waals surface area contributed by atoms with E-state index < -0.39 is 48.1 Å². The van der Waals surface area contributed by atoms with Crippen molar-refractivity contribution in [3.63, 3.8) is 0 Å². The number of carbonyl (C=O) groups is 2. The number of alkyl halides is 3. The van der Waals surface area contributed by atoms with E-state index in [9.17, 15) is 32.7 Å². The van der Waals surface area contributed by atoms with Gasteiger partial charge in [0, 0.05) is 31.7 Å². The molecule has 2 aromatic heterocycles. The number of piperazine rings is 1. The third kappa shape index (κ3) is 7.28. The first-order valence-electron chi connectivity index (χ1n) is 16.5. The van der Waals surface area contributed by atoms with E-state index >= 15 is 0 Å².